The SMILES string of the molecule is COCc1cccc(C(=O)O[C@H](C)C(=O)NCc2ccc3c(c2)OCO3)c1. The number of methoxy groups -OCH3 is 1. The molecule has 1 heterocycles. The number of hydrogen-bond donors (Lipinski definition) is 1. The molecule has 2 aromatic rings. The van der Waals surface area contributed by atoms with Crippen molar-refractivity contribution in [2.75, 3.05) is 13.9 Å². The minimum atomic E-state index is -0.919. The van der Waals surface area contributed by atoms with Crippen LogP contribution in [-0.2, 0) is 27.4 Å². The summed E-state index contributed by atoms with van der Waals surface area (Å²) in [4.78, 5) is 24.5. The number of fused-ring (bicyclic) bond motifs is 1. The fourth-order valence-corrected chi connectivity index (χ4v) is 2.62. The maximum atomic E-state index is 12.2. The zero-order valence-corrected chi connectivity index (χ0v) is 15.2. The molecule has 7 heteroatoms. The summed E-state index contributed by atoms with van der Waals surface area (Å²) in [5, 5.41) is 2.75. The van der Waals surface area contributed by atoms with Gasteiger partial charge in [0.05, 0.1) is 12.2 Å². The van der Waals surface area contributed by atoms with Gasteiger partial charge in [0.15, 0.2) is 17.6 Å². The maximum absolute atomic E-state index is 12.2. The number of nitrogens with one attached hydrogen (secondary N) is 1. The molecule has 142 valence electrons. The molecule has 0 saturated carbocycles. The molecule has 1 aliphatic rings. The predicted octanol–water partition coefficient (Wildman–Crippen LogP) is 2.42. The third-order valence-corrected chi connectivity index (χ3v) is 4.03. The number of amides is 1. The largest absolute Gasteiger partial charge is 0.454 e. The molecule has 2 aromatic carbocycles. The molecule has 0 aromatic heterocycles. The summed E-state index contributed by atoms with van der Waals surface area (Å²) in [6.45, 7) is 2.42. The molecule has 1 N–H and O–H groups in total. The first kappa shape index (κ1) is 18.7. The second-order valence-electron chi connectivity index (χ2n) is 6.09. The van der Waals surface area contributed by atoms with Gasteiger partial charge in [-0.3, -0.25) is 4.79 Å². The molecule has 0 bridgehead atoms. The number of carbonyl (C=O) groups is 2. The Labute approximate surface area is 157 Å². The number of esters is 1. The Hall–Kier alpha value is -3.06. The summed E-state index contributed by atoms with van der Waals surface area (Å²) in [5.41, 5.74) is 2.09. The van der Waals surface area contributed by atoms with Crippen LogP contribution < -0.4 is 14.8 Å². The summed E-state index contributed by atoms with van der Waals surface area (Å²) in [7, 11) is 1.58. The summed E-state index contributed by atoms with van der Waals surface area (Å²) in [6, 6.07) is 12.4. The minimum absolute atomic E-state index is 0.198. The quantitative estimate of drug-likeness (QED) is 0.753. The molecule has 1 atom stereocenters. The highest BCUT2D eigenvalue weighted by Gasteiger charge is 2.19. The molecule has 0 fully saturated rings. The van der Waals surface area contributed by atoms with Gasteiger partial charge in [0.1, 0.15) is 0 Å². The lowest BCUT2D eigenvalue weighted by Crippen LogP contribution is -2.35. The summed E-state index contributed by atoms with van der Waals surface area (Å²) >= 11 is 0. The van der Waals surface area contributed by atoms with Crippen LogP contribution in [0.2, 0.25) is 0 Å². The Morgan fingerprint density at radius 3 is 2.74 bits per heavy atom. The highest BCUT2D eigenvalue weighted by atomic mass is 16.7. The molecule has 1 amide bonds. The summed E-state index contributed by atoms with van der Waals surface area (Å²) in [5.74, 6) is 0.396. The van der Waals surface area contributed by atoms with Gasteiger partial charge >= 0.3 is 5.97 Å². The number of carbonyl (C=O) groups excluding carboxylic acids is 2. The third-order valence-electron chi connectivity index (χ3n) is 4.03. The van der Waals surface area contributed by atoms with Crippen LogP contribution >= 0.6 is 0 Å². The van der Waals surface area contributed by atoms with Crippen molar-refractivity contribution in [1.82, 2.24) is 5.32 Å². The van der Waals surface area contributed by atoms with Crippen molar-refractivity contribution in [2.45, 2.75) is 26.2 Å². The number of hydrogen-bond acceptors (Lipinski definition) is 6. The topological polar surface area (TPSA) is 83.1 Å². The van der Waals surface area contributed by atoms with E-state index >= 15 is 0 Å². The van der Waals surface area contributed by atoms with Gasteiger partial charge in [0.2, 0.25) is 6.79 Å². The van der Waals surface area contributed by atoms with E-state index < -0.39 is 12.1 Å². The van der Waals surface area contributed by atoms with E-state index in [0.717, 1.165) is 11.1 Å². The van der Waals surface area contributed by atoms with Crippen LogP contribution in [0, 0.1) is 0 Å². The lowest BCUT2D eigenvalue weighted by molar-refractivity contribution is -0.129. The zero-order chi connectivity index (χ0) is 19.2. The van der Waals surface area contributed by atoms with Crippen molar-refractivity contribution < 1.29 is 28.5 Å². The Balaban J connectivity index is 1.52. The highest BCUT2D eigenvalue weighted by Crippen LogP contribution is 2.32. The van der Waals surface area contributed by atoms with E-state index in [0.29, 0.717) is 30.2 Å². The van der Waals surface area contributed by atoms with E-state index in [-0.39, 0.29) is 12.7 Å². The molecular formula is C20H21NO6. The van der Waals surface area contributed by atoms with Crippen molar-refractivity contribution in [3.05, 3.63) is 59.2 Å². The first-order valence-electron chi connectivity index (χ1n) is 8.52. The first-order valence-corrected chi connectivity index (χ1v) is 8.52. The van der Waals surface area contributed by atoms with Crippen LogP contribution in [0.3, 0.4) is 0 Å². The Bertz CT molecular complexity index is 835. The molecule has 7 nitrogen and oxygen atoms in total. The predicted molar refractivity (Wildman–Crippen MR) is 96.4 cm³/mol. The van der Waals surface area contributed by atoms with E-state index in [1.165, 1.54) is 6.92 Å². The lowest BCUT2D eigenvalue weighted by atomic mass is 10.1. The van der Waals surface area contributed by atoms with E-state index in [1.54, 1.807) is 37.4 Å². The average molecular weight is 371 g/mol. The van der Waals surface area contributed by atoms with Crippen molar-refractivity contribution in [2.24, 2.45) is 0 Å². The van der Waals surface area contributed by atoms with Crippen LogP contribution in [0.25, 0.3) is 0 Å². The number of benzene rings is 2. The summed E-state index contributed by atoms with van der Waals surface area (Å²) < 4.78 is 20.9. The smallest absolute Gasteiger partial charge is 0.338 e. The third kappa shape index (κ3) is 4.77. The Kier molecular flexibility index (Phi) is 5.93. The lowest BCUT2D eigenvalue weighted by Gasteiger charge is -2.14. The number of ether oxygens (including phenoxy) is 4. The van der Waals surface area contributed by atoms with Gasteiger partial charge in [0.25, 0.3) is 5.91 Å². The molecule has 3 rings (SSSR count). The highest BCUT2D eigenvalue weighted by molar-refractivity contribution is 5.92. The van der Waals surface area contributed by atoms with Crippen LogP contribution in [0.15, 0.2) is 42.5 Å². The van der Waals surface area contributed by atoms with Gasteiger partial charge < -0.3 is 24.3 Å². The molecule has 27 heavy (non-hydrogen) atoms. The van der Waals surface area contributed by atoms with Gasteiger partial charge in [-0.25, -0.2) is 4.79 Å². The van der Waals surface area contributed by atoms with Crippen LogP contribution in [0.5, 0.6) is 11.5 Å². The van der Waals surface area contributed by atoms with Gasteiger partial charge in [-0.1, -0.05) is 18.2 Å². The van der Waals surface area contributed by atoms with Gasteiger partial charge in [-0.2, -0.15) is 0 Å². The molecule has 1 aliphatic heterocycles. The van der Waals surface area contributed by atoms with Gasteiger partial charge in [0, 0.05) is 13.7 Å². The molecule has 0 unspecified atom stereocenters. The molecular weight excluding hydrogens is 350 g/mol. The monoisotopic (exact) mass is 371 g/mol. The summed E-state index contributed by atoms with van der Waals surface area (Å²) in [6.07, 6.45) is -0.919. The zero-order valence-electron chi connectivity index (χ0n) is 15.2. The standard InChI is InChI=1S/C20H21NO6/c1-13(27-20(23)16-5-3-4-15(8-16)11-24-2)19(22)21-10-14-6-7-17-18(9-14)26-12-25-17/h3-9,13H,10-12H2,1-2H3,(H,21,22)/t13-/m1/s1. The van der Waals surface area contributed by atoms with Gasteiger partial charge in [-0.05, 0) is 42.3 Å². The number of rotatable bonds is 7. The molecule has 0 radical (unpaired) electrons. The van der Waals surface area contributed by atoms with E-state index in [2.05, 4.69) is 5.32 Å². The second-order valence-corrected chi connectivity index (χ2v) is 6.09. The molecule has 0 spiro atoms. The fraction of sp³-hybridized carbons (Fsp3) is 0.300. The van der Waals surface area contributed by atoms with Gasteiger partial charge in [-0.15, -0.1) is 0 Å². The molecule has 0 aliphatic carbocycles. The fourth-order valence-electron chi connectivity index (χ4n) is 2.62. The normalized spacial score (nSPS) is 13.1. The van der Waals surface area contributed by atoms with Crippen LogP contribution in [0.1, 0.15) is 28.4 Å². The maximum Gasteiger partial charge on any atom is 0.338 e. The van der Waals surface area contributed by atoms with Crippen LogP contribution in [-0.4, -0.2) is 31.9 Å². The second kappa shape index (κ2) is 8.55. The van der Waals surface area contributed by atoms with Crippen molar-refractivity contribution >= 4 is 11.9 Å². The van der Waals surface area contributed by atoms with E-state index in [9.17, 15) is 9.59 Å². The Morgan fingerprint density at radius 2 is 1.93 bits per heavy atom. The van der Waals surface area contributed by atoms with Crippen molar-refractivity contribution in [1.29, 1.82) is 0 Å². The van der Waals surface area contributed by atoms with Crippen molar-refractivity contribution in [3.63, 3.8) is 0 Å². The molecule has 0 saturated heterocycles. The van der Waals surface area contributed by atoms with Crippen LogP contribution in [0.4, 0.5) is 0 Å². The van der Waals surface area contributed by atoms with E-state index in [4.69, 9.17) is 18.9 Å². The first-order chi connectivity index (χ1) is 13.1. The van der Waals surface area contributed by atoms with E-state index in [1.807, 2.05) is 12.1 Å². The minimum Gasteiger partial charge on any atom is -0.454 e. The average Bonchev–Trinajstić information content (AvgIpc) is 3.14. The van der Waals surface area contributed by atoms with Crippen molar-refractivity contribution in [3.8, 4) is 11.5 Å². The Morgan fingerprint density at radius 1 is 1.11 bits per heavy atom.